The van der Waals surface area contributed by atoms with Crippen LogP contribution in [0.4, 0.5) is 0 Å². The molecule has 0 saturated heterocycles. The third-order valence-electron chi connectivity index (χ3n) is 2.73. The summed E-state index contributed by atoms with van der Waals surface area (Å²) in [6, 6.07) is 0. The summed E-state index contributed by atoms with van der Waals surface area (Å²) in [7, 11) is 0. The lowest BCUT2D eigenvalue weighted by Gasteiger charge is -2.07. The second-order valence-corrected chi connectivity index (χ2v) is 5.96. The molecule has 5 heteroatoms. The normalized spacial score (nSPS) is 11.1. The lowest BCUT2D eigenvalue weighted by atomic mass is 10.2. The summed E-state index contributed by atoms with van der Waals surface area (Å²) in [6.45, 7) is 7.09. The lowest BCUT2D eigenvalue weighted by molar-refractivity contribution is 0.562. The number of hydrogen-bond donors (Lipinski definition) is 1. The number of halogens is 2. The number of nitrogens with one attached hydrogen (secondary N) is 1. The molecule has 0 saturated carbocycles. The molecule has 0 unspecified atom stereocenters. The minimum atomic E-state index is 0.902. The van der Waals surface area contributed by atoms with E-state index >= 15 is 0 Å². The van der Waals surface area contributed by atoms with Gasteiger partial charge in [-0.1, -0.05) is 29.0 Å². The summed E-state index contributed by atoms with van der Waals surface area (Å²) in [5.41, 5.74) is 2.34. The molecule has 0 aromatic carbocycles. The average Bonchev–Trinajstić information content (AvgIpc) is 2.60. The van der Waals surface area contributed by atoms with E-state index in [1.165, 1.54) is 29.4 Å². The Labute approximate surface area is 126 Å². The van der Waals surface area contributed by atoms with Crippen molar-refractivity contribution < 1.29 is 0 Å². The predicted octanol–water partition coefficient (Wildman–Crippen LogP) is 3.67. The second kappa shape index (κ2) is 8.48. The van der Waals surface area contributed by atoms with Crippen LogP contribution >= 0.6 is 38.5 Å². The molecule has 1 heterocycles. The maximum Gasteiger partial charge on any atom is 0.0739 e. The minimum absolute atomic E-state index is 0.902. The Hall–Kier alpha value is 0.380. The average molecular weight is 414 g/mol. The molecule has 3 nitrogen and oxygen atoms in total. The lowest BCUT2D eigenvalue weighted by Crippen LogP contribution is -2.18. The molecule has 0 spiro atoms. The smallest absolute Gasteiger partial charge is 0.0739 e. The number of nitrogens with zero attached hydrogens (tertiary/aromatic N) is 2. The van der Waals surface area contributed by atoms with Crippen LogP contribution in [0.3, 0.4) is 0 Å². The number of aromatic nitrogens is 2. The van der Waals surface area contributed by atoms with Gasteiger partial charge in [0.25, 0.3) is 0 Å². The van der Waals surface area contributed by atoms with E-state index in [1.807, 2.05) is 6.92 Å². The van der Waals surface area contributed by atoms with Crippen molar-refractivity contribution >= 4 is 38.5 Å². The van der Waals surface area contributed by atoms with Gasteiger partial charge in [0.15, 0.2) is 0 Å². The highest BCUT2D eigenvalue weighted by Gasteiger charge is 2.10. The van der Waals surface area contributed by atoms with E-state index in [0.717, 1.165) is 29.8 Å². The fourth-order valence-corrected chi connectivity index (χ4v) is 2.73. The minimum Gasteiger partial charge on any atom is -0.311 e. The van der Waals surface area contributed by atoms with E-state index < -0.39 is 0 Å². The first-order valence-electron chi connectivity index (χ1n) is 6.19. The van der Waals surface area contributed by atoms with Crippen molar-refractivity contribution in [1.29, 1.82) is 0 Å². The summed E-state index contributed by atoms with van der Waals surface area (Å²) in [5.74, 6) is 0. The molecule has 1 aromatic rings. The van der Waals surface area contributed by atoms with Crippen LogP contribution in [0.15, 0.2) is 4.47 Å². The highest BCUT2D eigenvalue weighted by atomic mass is 127. The van der Waals surface area contributed by atoms with Crippen LogP contribution in [0.5, 0.6) is 0 Å². The number of hydrogen-bond acceptors (Lipinski definition) is 2. The van der Waals surface area contributed by atoms with E-state index in [-0.39, 0.29) is 0 Å². The molecule has 0 aliphatic rings. The molecule has 1 rings (SSSR count). The van der Waals surface area contributed by atoms with Gasteiger partial charge >= 0.3 is 0 Å². The van der Waals surface area contributed by atoms with Gasteiger partial charge in [0.2, 0.25) is 0 Å². The first kappa shape index (κ1) is 15.4. The molecular formula is C12H21BrIN3. The van der Waals surface area contributed by atoms with Crippen LogP contribution in [0, 0.1) is 6.92 Å². The highest BCUT2D eigenvalue weighted by Crippen LogP contribution is 2.20. The quantitative estimate of drug-likeness (QED) is 0.400. The molecule has 0 aliphatic heterocycles. The van der Waals surface area contributed by atoms with Crippen LogP contribution in [0.25, 0.3) is 0 Å². The molecule has 0 amide bonds. The van der Waals surface area contributed by atoms with Gasteiger partial charge in [-0.3, -0.25) is 4.68 Å². The molecule has 98 valence electrons. The van der Waals surface area contributed by atoms with E-state index in [9.17, 15) is 0 Å². The Morgan fingerprint density at radius 2 is 2.12 bits per heavy atom. The zero-order valence-electron chi connectivity index (χ0n) is 10.6. The van der Waals surface area contributed by atoms with Crippen molar-refractivity contribution in [2.75, 3.05) is 11.0 Å². The second-order valence-electron chi connectivity index (χ2n) is 4.09. The van der Waals surface area contributed by atoms with Crippen molar-refractivity contribution in [1.82, 2.24) is 15.1 Å². The van der Waals surface area contributed by atoms with Gasteiger partial charge < -0.3 is 5.32 Å². The summed E-state index contributed by atoms with van der Waals surface area (Å²) in [5, 5.41) is 7.98. The molecular weight excluding hydrogens is 393 g/mol. The third kappa shape index (κ3) is 4.87. The van der Waals surface area contributed by atoms with Gasteiger partial charge in [-0.15, -0.1) is 0 Å². The van der Waals surface area contributed by atoms with Crippen LogP contribution < -0.4 is 5.32 Å². The van der Waals surface area contributed by atoms with Gasteiger partial charge in [-0.25, -0.2) is 0 Å². The Bertz CT molecular complexity index is 339. The van der Waals surface area contributed by atoms with Crippen molar-refractivity contribution in [3.63, 3.8) is 0 Å². The van der Waals surface area contributed by atoms with Crippen LogP contribution in [0.2, 0.25) is 0 Å². The number of aryl methyl sites for hydroxylation is 2. The summed E-state index contributed by atoms with van der Waals surface area (Å²) in [4.78, 5) is 0. The fourth-order valence-electron chi connectivity index (χ4n) is 1.77. The number of rotatable bonds is 8. The van der Waals surface area contributed by atoms with Gasteiger partial charge in [0.1, 0.15) is 0 Å². The molecule has 0 aliphatic carbocycles. The van der Waals surface area contributed by atoms with E-state index in [4.69, 9.17) is 0 Å². The first-order chi connectivity index (χ1) is 8.20. The SMILES string of the molecule is CCn1nc(C)c(Br)c1CNCCCCCI. The number of unbranched alkanes of at least 4 members (excludes halogenated alkanes) is 2. The van der Waals surface area contributed by atoms with Crippen molar-refractivity contribution in [3.05, 3.63) is 15.9 Å². The largest absolute Gasteiger partial charge is 0.311 e. The van der Waals surface area contributed by atoms with Crippen molar-refractivity contribution in [2.24, 2.45) is 0 Å². The van der Waals surface area contributed by atoms with Crippen molar-refractivity contribution in [2.45, 2.75) is 46.2 Å². The number of alkyl halides is 1. The van der Waals surface area contributed by atoms with Crippen LogP contribution in [-0.4, -0.2) is 20.8 Å². The fraction of sp³-hybridized carbons (Fsp3) is 0.750. The molecule has 1 N–H and O–H groups in total. The maximum atomic E-state index is 4.49. The van der Waals surface area contributed by atoms with Crippen LogP contribution in [0.1, 0.15) is 37.6 Å². The molecule has 0 atom stereocenters. The molecule has 17 heavy (non-hydrogen) atoms. The zero-order valence-corrected chi connectivity index (χ0v) is 14.3. The summed E-state index contributed by atoms with van der Waals surface area (Å²) in [6.07, 6.45) is 3.92. The first-order valence-corrected chi connectivity index (χ1v) is 8.51. The predicted molar refractivity (Wildman–Crippen MR) is 84.8 cm³/mol. The Morgan fingerprint density at radius 1 is 1.35 bits per heavy atom. The molecule has 1 aromatic heterocycles. The van der Waals surface area contributed by atoms with Gasteiger partial charge in [-0.2, -0.15) is 5.10 Å². The molecule has 0 fully saturated rings. The zero-order chi connectivity index (χ0) is 12.7. The van der Waals surface area contributed by atoms with E-state index in [2.05, 4.69) is 60.5 Å². The topological polar surface area (TPSA) is 29.9 Å². The Morgan fingerprint density at radius 3 is 2.76 bits per heavy atom. The summed E-state index contributed by atoms with van der Waals surface area (Å²) >= 11 is 6.05. The molecule has 0 bridgehead atoms. The molecule has 0 radical (unpaired) electrons. The van der Waals surface area contributed by atoms with Gasteiger partial charge in [-0.05, 0) is 53.6 Å². The van der Waals surface area contributed by atoms with Crippen molar-refractivity contribution in [3.8, 4) is 0 Å². The van der Waals surface area contributed by atoms with Gasteiger partial charge in [0.05, 0.1) is 15.9 Å². The Balaban J connectivity index is 2.35. The Kier molecular flexibility index (Phi) is 7.70. The summed E-state index contributed by atoms with van der Waals surface area (Å²) < 4.78 is 4.49. The van der Waals surface area contributed by atoms with E-state index in [0.29, 0.717) is 0 Å². The van der Waals surface area contributed by atoms with Gasteiger partial charge in [0, 0.05) is 13.1 Å². The maximum absolute atomic E-state index is 4.49. The monoisotopic (exact) mass is 413 g/mol. The van der Waals surface area contributed by atoms with Crippen LogP contribution in [-0.2, 0) is 13.1 Å². The highest BCUT2D eigenvalue weighted by molar-refractivity contribution is 14.1. The van der Waals surface area contributed by atoms with E-state index in [1.54, 1.807) is 0 Å². The third-order valence-corrected chi connectivity index (χ3v) is 4.53. The standard InChI is InChI=1S/C12H21BrIN3/c1-3-17-11(12(13)10(2)16-17)9-15-8-6-4-5-7-14/h15H,3-9H2,1-2H3.